The Hall–Kier alpha value is -0.570. The van der Waals surface area contributed by atoms with Crippen LogP contribution >= 0.6 is 0 Å². The molecule has 1 fully saturated rings. The fourth-order valence-corrected chi connectivity index (χ4v) is 1.52. The van der Waals surface area contributed by atoms with Crippen LogP contribution in [0.2, 0.25) is 0 Å². The number of carbonyl (C=O) groups excluding carboxylic acids is 1. The van der Waals surface area contributed by atoms with Crippen molar-refractivity contribution in [3.63, 3.8) is 0 Å². The predicted molar refractivity (Wildman–Crippen MR) is 44.3 cm³/mol. The molecule has 64 valence electrons. The number of hydrogen-bond acceptors (Lipinski definition) is 2. The molecular weight excluding hydrogens is 140 g/mol. The first-order valence-electron chi connectivity index (χ1n) is 4.04. The third-order valence-electron chi connectivity index (χ3n) is 2.25. The van der Waals surface area contributed by atoms with Gasteiger partial charge in [-0.3, -0.25) is 9.69 Å². The molecule has 0 unspecified atom stereocenters. The van der Waals surface area contributed by atoms with E-state index < -0.39 is 0 Å². The molecule has 1 amide bonds. The lowest BCUT2D eigenvalue weighted by Crippen LogP contribution is -2.40. The third-order valence-corrected chi connectivity index (χ3v) is 2.25. The first kappa shape index (κ1) is 8.53. The van der Waals surface area contributed by atoms with E-state index >= 15 is 0 Å². The van der Waals surface area contributed by atoms with Crippen LogP contribution in [-0.2, 0) is 4.79 Å². The Morgan fingerprint density at radius 3 is 2.55 bits per heavy atom. The van der Waals surface area contributed by atoms with Crippen molar-refractivity contribution >= 4 is 5.91 Å². The van der Waals surface area contributed by atoms with Gasteiger partial charge in [-0.15, -0.1) is 0 Å². The highest BCUT2D eigenvalue weighted by atomic mass is 16.2. The van der Waals surface area contributed by atoms with Gasteiger partial charge in [0.05, 0.1) is 6.04 Å². The van der Waals surface area contributed by atoms with Gasteiger partial charge in [0.2, 0.25) is 5.91 Å². The lowest BCUT2D eigenvalue weighted by atomic mass is 10.2. The molecule has 1 aliphatic heterocycles. The zero-order valence-electron chi connectivity index (χ0n) is 7.50. The van der Waals surface area contributed by atoms with Crippen molar-refractivity contribution < 1.29 is 4.79 Å². The zero-order chi connectivity index (χ0) is 8.43. The van der Waals surface area contributed by atoms with Crippen molar-refractivity contribution in [2.75, 3.05) is 27.7 Å². The number of rotatable bonds is 1. The zero-order valence-corrected chi connectivity index (χ0v) is 7.50. The number of likely N-dealkylation sites (N-methyl/N-ethyl adjacent to an activating group) is 2. The highest BCUT2D eigenvalue weighted by Crippen LogP contribution is 2.15. The number of nitrogens with zero attached hydrogens (tertiary/aromatic N) is 2. The minimum Gasteiger partial charge on any atom is -0.347 e. The Kier molecular flexibility index (Phi) is 2.49. The standard InChI is InChI=1S/C8H16N2O/c1-9(2)8(11)7-5-4-6-10(7)3/h7H,4-6H2,1-3H3/t7-/m0/s1. The maximum atomic E-state index is 11.4. The van der Waals surface area contributed by atoms with Gasteiger partial charge in [0.15, 0.2) is 0 Å². The van der Waals surface area contributed by atoms with E-state index in [2.05, 4.69) is 4.90 Å². The highest BCUT2D eigenvalue weighted by molar-refractivity contribution is 5.81. The van der Waals surface area contributed by atoms with Crippen LogP contribution in [0.1, 0.15) is 12.8 Å². The van der Waals surface area contributed by atoms with E-state index in [1.54, 1.807) is 4.90 Å². The lowest BCUT2D eigenvalue weighted by Gasteiger charge is -2.21. The monoisotopic (exact) mass is 156 g/mol. The first-order valence-corrected chi connectivity index (χ1v) is 4.04. The Morgan fingerprint density at radius 2 is 2.18 bits per heavy atom. The van der Waals surface area contributed by atoms with Gasteiger partial charge < -0.3 is 4.90 Å². The number of amides is 1. The van der Waals surface area contributed by atoms with E-state index in [9.17, 15) is 4.79 Å². The summed E-state index contributed by atoms with van der Waals surface area (Å²) in [5.41, 5.74) is 0. The number of hydrogen-bond donors (Lipinski definition) is 0. The summed E-state index contributed by atoms with van der Waals surface area (Å²) in [6.45, 7) is 1.06. The van der Waals surface area contributed by atoms with Gasteiger partial charge >= 0.3 is 0 Å². The Balaban J connectivity index is 2.53. The summed E-state index contributed by atoms with van der Waals surface area (Å²) in [4.78, 5) is 15.2. The van der Waals surface area contributed by atoms with Gasteiger partial charge in [-0.2, -0.15) is 0 Å². The Labute approximate surface area is 68.0 Å². The Bertz CT molecular complexity index is 156. The van der Waals surface area contributed by atoms with Crippen LogP contribution in [0, 0.1) is 0 Å². The topological polar surface area (TPSA) is 23.6 Å². The molecule has 1 rings (SSSR count). The molecule has 0 aromatic rings. The molecule has 0 aromatic heterocycles. The maximum absolute atomic E-state index is 11.4. The van der Waals surface area contributed by atoms with Crippen molar-refractivity contribution in [2.45, 2.75) is 18.9 Å². The summed E-state index contributed by atoms with van der Waals surface area (Å²) in [7, 11) is 5.64. The van der Waals surface area contributed by atoms with Gasteiger partial charge in [-0.25, -0.2) is 0 Å². The molecule has 3 nitrogen and oxygen atoms in total. The largest absolute Gasteiger partial charge is 0.347 e. The van der Waals surface area contributed by atoms with E-state index in [-0.39, 0.29) is 11.9 Å². The second-order valence-electron chi connectivity index (χ2n) is 3.37. The fourth-order valence-electron chi connectivity index (χ4n) is 1.52. The summed E-state index contributed by atoms with van der Waals surface area (Å²) in [5, 5.41) is 0. The van der Waals surface area contributed by atoms with E-state index in [4.69, 9.17) is 0 Å². The summed E-state index contributed by atoms with van der Waals surface area (Å²) in [6, 6.07) is 0.144. The smallest absolute Gasteiger partial charge is 0.239 e. The second-order valence-corrected chi connectivity index (χ2v) is 3.37. The van der Waals surface area contributed by atoms with Gasteiger partial charge in [0, 0.05) is 14.1 Å². The molecule has 1 atom stereocenters. The van der Waals surface area contributed by atoms with E-state index in [1.165, 1.54) is 0 Å². The molecule has 0 aromatic carbocycles. The molecule has 0 aliphatic carbocycles. The quantitative estimate of drug-likeness (QED) is 0.540. The minimum absolute atomic E-state index is 0.144. The highest BCUT2D eigenvalue weighted by Gasteiger charge is 2.28. The number of carbonyl (C=O) groups is 1. The minimum atomic E-state index is 0.144. The van der Waals surface area contributed by atoms with Crippen LogP contribution in [0.25, 0.3) is 0 Å². The van der Waals surface area contributed by atoms with Crippen molar-refractivity contribution in [3.8, 4) is 0 Å². The molecule has 0 radical (unpaired) electrons. The Morgan fingerprint density at radius 1 is 1.55 bits per heavy atom. The molecule has 0 bridgehead atoms. The SMILES string of the molecule is CN(C)C(=O)[C@@H]1CCCN1C. The summed E-state index contributed by atoms with van der Waals surface area (Å²) in [5.74, 6) is 0.241. The molecule has 0 spiro atoms. The molecule has 11 heavy (non-hydrogen) atoms. The maximum Gasteiger partial charge on any atom is 0.239 e. The molecular formula is C8H16N2O. The summed E-state index contributed by atoms with van der Waals surface area (Å²) < 4.78 is 0. The van der Waals surface area contributed by atoms with Gasteiger partial charge in [-0.1, -0.05) is 0 Å². The predicted octanol–water partition coefficient (Wildman–Crippen LogP) is 0.169. The summed E-state index contributed by atoms with van der Waals surface area (Å²) in [6.07, 6.45) is 2.17. The molecule has 1 aliphatic rings. The van der Waals surface area contributed by atoms with Gasteiger partial charge in [0.1, 0.15) is 0 Å². The van der Waals surface area contributed by atoms with E-state index in [1.807, 2.05) is 21.1 Å². The first-order chi connectivity index (χ1) is 5.13. The summed E-state index contributed by atoms with van der Waals surface area (Å²) >= 11 is 0. The van der Waals surface area contributed by atoms with Crippen LogP contribution in [0.4, 0.5) is 0 Å². The van der Waals surface area contributed by atoms with Gasteiger partial charge in [-0.05, 0) is 26.4 Å². The van der Waals surface area contributed by atoms with Crippen molar-refractivity contribution in [1.29, 1.82) is 0 Å². The average Bonchev–Trinajstić information content (AvgIpc) is 2.33. The van der Waals surface area contributed by atoms with Crippen LogP contribution in [0.3, 0.4) is 0 Å². The molecule has 0 N–H and O–H groups in total. The van der Waals surface area contributed by atoms with Crippen molar-refractivity contribution in [1.82, 2.24) is 9.80 Å². The van der Waals surface area contributed by atoms with E-state index in [0.717, 1.165) is 19.4 Å². The second kappa shape index (κ2) is 3.22. The normalized spacial score (nSPS) is 25.5. The van der Waals surface area contributed by atoms with Gasteiger partial charge in [0.25, 0.3) is 0 Å². The molecule has 3 heteroatoms. The van der Waals surface area contributed by atoms with Crippen molar-refractivity contribution in [2.24, 2.45) is 0 Å². The third kappa shape index (κ3) is 1.71. The van der Waals surface area contributed by atoms with Crippen molar-refractivity contribution in [3.05, 3.63) is 0 Å². The average molecular weight is 156 g/mol. The molecule has 0 saturated carbocycles. The molecule has 1 heterocycles. The van der Waals surface area contributed by atoms with Crippen LogP contribution in [-0.4, -0.2) is 49.4 Å². The van der Waals surface area contributed by atoms with E-state index in [0.29, 0.717) is 0 Å². The van der Waals surface area contributed by atoms with Crippen LogP contribution < -0.4 is 0 Å². The van der Waals surface area contributed by atoms with Crippen LogP contribution in [0.15, 0.2) is 0 Å². The van der Waals surface area contributed by atoms with Crippen LogP contribution in [0.5, 0.6) is 0 Å². The fraction of sp³-hybridized carbons (Fsp3) is 0.875. The number of likely N-dealkylation sites (tertiary alicyclic amines) is 1. The lowest BCUT2D eigenvalue weighted by molar-refractivity contribution is -0.132. The molecule has 1 saturated heterocycles.